The molecule has 3 aromatic heterocycles. The van der Waals surface area contributed by atoms with Crippen molar-refractivity contribution in [2.75, 3.05) is 18.4 Å². The second-order valence-corrected chi connectivity index (χ2v) is 8.02. The molecular weight excluding hydrogens is 382 g/mol. The Kier molecular flexibility index (Phi) is 4.52. The number of H-pyrrole nitrogens is 1. The molecular formula is C22H21N5OS. The van der Waals surface area contributed by atoms with Crippen LogP contribution in [-0.2, 0) is 4.79 Å². The van der Waals surface area contributed by atoms with Gasteiger partial charge in [-0.05, 0) is 42.3 Å². The lowest BCUT2D eigenvalue weighted by Crippen LogP contribution is -2.34. The largest absolute Gasteiger partial charge is 0.355 e. The number of hydrogen-bond acceptors (Lipinski definition) is 5. The second kappa shape index (κ2) is 7.33. The van der Waals surface area contributed by atoms with Crippen LogP contribution in [0.2, 0.25) is 0 Å². The van der Waals surface area contributed by atoms with Crippen LogP contribution in [0.3, 0.4) is 0 Å². The minimum atomic E-state index is 0.211. The van der Waals surface area contributed by atoms with Crippen LogP contribution in [0.1, 0.15) is 25.5 Å². The Hall–Kier alpha value is -3.19. The van der Waals surface area contributed by atoms with E-state index in [9.17, 15) is 4.79 Å². The molecule has 4 heterocycles. The Bertz CT molecular complexity index is 1240. The first-order valence-corrected chi connectivity index (χ1v) is 10.6. The highest BCUT2D eigenvalue weighted by Gasteiger charge is 2.18. The molecule has 0 bridgehead atoms. The van der Waals surface area contributed by atoms with Gasteiger partial charge in [0.05, 0.1) is 21.4 Å². The van der Waals surface area contributed by atoms with Crippen LogP contribution < -0.4 is 5.32 Å². The normalized spacial score (nSPS) is 14.4. The molecule has 0 fully saturated rings. The average molecular weight is 404 g/mol. The number of carbonyl (C=O) groups is 1. The minimum absolute atomic E-state index is 0.211. The highest BCUT2D eigenvalue weighted by atomic mass is 32.1. The van der Waals surface area contributed by atoms with Crippen molar-refractivity contribution in [1.29, 1.82) is 0 Å². The number of fused-ring (bicyclic) bond motifs is 2. The van der Waals surface area contributed by atoms with Gasteiger partial charge in [-0.15, -0.1) is 11.3 Å². The fourth-order valence-corrected chi connectivity index (χ4v) is 4.48. The van der Waals surface area contributed by atoms with Gasteiger partial charge in [0.15, 0.2) is 0 Å². The molecule has 0 saturated carbocycles. The summed E-state index contributed by atoms with van der Waals surface area (Å²) in [6.45, 7) is 3.35. The number of anilines is 2. The topological polar surface area (TPSA) is 73.9 Å². The molecule has 1 aromatic carbocycles. The smallest absolute Gasteiger partial charge is 0.222 e. The van der Waals surface area contributed by atoms with Crippen molar-refractivity contribution in [2.45, 2.75) is 19.8 Å². The number of rotatable bonds is 4. The molecule has 6 nitrogen and oxygen atoms in total. The van der Waals surface area contributed by atoms with Gasteiger partial charge in [-0.2, -0.15) is 0 Å². The lowest BCUT2D eigenvalue weighted by Gasteiger charge is -2.25. The van der Waals surface area contributed by atoms with Crippen molar-refractivity contribution in [2.24, 2.45) is 0 Å². The number of nitrogens with one attached hydrogen (secondary N) is 2. The third-order valence-corrected chi connectivity index (χ3v) is 6.14. The van der Waals surface area contributed by atoms with Crippen LogP contribution >= 0.6 is 11.3 Å². The molecule has 0 spiro atoms. The summed E-state index contributed by atoms with van der Waals surface area (Å²) in [5.74, 6) is 0.211. The van der Waals surface area contributed by atoms with Crippen molar-refractivity contribution in [1.82, 2.24) is 19.9 Å². The highest BCUT2D eigenvalue weighted by Crippen LogP contribution is 2.31. The number of aromatic nitrogens is 3. The maximum absolute atomic E-state index is 11.9. The molecule has 5 rings (SSSR count). The summed E-state index contributed by atoms with van der Waals surface area (Å²) in [6.07, 6.45) is 5.37. The van der Waals surface area contributed by atoms with Crippen molar-refractivity contribution < 1.29 is 4.79 Å². The van der Waals surface area contributed by atoms with Gasteiger partial charge in [0.1, 0.15) is 5.65 Å². The number of hydrogen-bond donors (Lipinski definition) is 2. The molecule has 1 aliphatic rings. The molecule has 7 heteroatoms. The van der Waals surface area contributed by atoms with Crippen LogP contribution in [0.5, 0.6) is 0 Å². The van der Waals surface area contributed by atoms with E-state index < -0.39 is 0 Å². The number of nitrogens with zero attached hydrogens (tertiary/aromatic N) is 3. The molecule has 1 amide bonds. The fourth-order valence-electron chi connectivity index (χ4n) is 3.76. The van der Waals surface area contributed by atoms with Crippen LogP contribution in [0.25, 0.3) is 26.8 Å². The summed E-state index contributed by atoms with van der Waals surface area (Å²) in [5.41, 5.74) is 8.09. The minimum Gasteiger partial charge on any atom is -0.355 e. The molecule has 1 aliphatic heterocycles. The molecule has 0 atom stereocenters. The number of pyridine rings is 1. The Morgan fingerprint density at radius 2 is 2.21 bits per heavy atom. The molecule has 0 saturated heterocycles. The van der Waals surface area contributed by atoms with E-state index in [2.05, 4.69) is 38.5 Å². The lowest BCUT2D eigenvalue weighted by molar-refractivity contribution is -0.130. The summed E-state index contributed by atoms with van der Waals surface area (Å²) in [7, 11) is 0. The Balaban J connectivity index is 1.44. The first-order chi connectivity index (χ1) is 14.2. The number of amides is 1. The zero-order valence-electron chi connectivity index (χ0n) is 16.1. The monoisotopic (exact) mass is 403 g/mol. The van der Waals surface area contributed by atoms with E-state index in [1.165, 1.54) is 5.57 Å². The highest BCUT2D eigenvalue weighted by molar-refractivity contribution is 7.16. The first kappa shape index (κ1) is 17.9. The Morgan fingerprint density at radius 3 is 3.03 bits per heavy atom. The van der Waals surface area contributed by atoms with Crippen molar-refractivity contribution in [3.05, 3.63) is 53.8 Å². The molecule has 29 heavy (non-hydrogen) atoms. The van der Waals surface area contributed by atoms with Crippen LogP contribution in [0.4, 0.5) is 11.4 Å². The number of aromatic amines is 1. The second-order valence-electron chi connectivity index (χ2n) is 7.14. The summed E-state index contributed by atoms with van der Waals surface area (Å²) in [4.78, 5) is 26.1. The van der Waals surface area contributed by atoms with Gasteiger partial charge in [0.2, 0.25) is 5.91 Å². The maximum Gasteiger partial charge on any atom is 0.222 e. The molecule has 0 radical (unpaired) electrons. The van der Waals surface area contributed by atoms with Gasteiger partial charge in [0, 0.05) is 42.5 Å². The quantitative estimate of drug-likeness (QED) is 0.506. The number of benzene rings is 1. The summed E-state index contributed by atoms with van der Waals surface area (Å²) in [5, 5.41) is 4.58. The summed E-state index contributed by atoms with van der Waals surface area (Å²) in [6, 6.07) is 10.3. The molecule has 2 N–H and O–H groups in total. The first-order valence-electron chi connectivity index (χ1n) is 9.76. The van der Waals surface area contributed by atoms with E-state index in [1.807, 2.05) is 41.7 Å². The van der Waals surface area contributed by atoms with E-state index >= 15 is 0 Å². The van der Waals surface area contributed by atoms with Gasteiger partial charge in [-0.25, -0.2) is 9.97 Å². The van der Waals surface area contributed by atoms with Crippen LogP contribution in [0, 0.1) is 0 Å². The van der Waals surface area contributed by atoms with Crippen molar-refractivity contribution >= 4 is 55.4 Å². The molecule has 0 unspecified atom stereocenters. The van der Waals surface area contributed by atoms with Gasteiger partial charge in [-0.1, -0.05) is 13.0 Å². The number of carbonyl (C=O) groups excluding carboxylic acids is 1. The van der Waals surface area contributed by atoms with Crippen molar-refractivity contribution in [3.8, 4) is 0 Å². The van der Waals surface area contributed by atoms with E-state index in [0.717, 1.165) is 51.3 Å². The summed E-state index contributed by atoms with van der Waals surface area (Å²) >= 11 is 1.64. The van der Waals surface area contributed by atoms with Crippen LogP contribution in [-0.4, -0.2) is 38.8 Å². The van der Waals surface area contributed by atoms with E-state index in [0.29, 0.717) is 13.0 Å². The van der Waals surface area contributed by atoms with Gasteiger partial charge in [0.25, 0.3) is 0 Å². The van der Waals surface area contributed by atoms with Crippen LogP contribution in [0.15, 0.2) is 48.1 Å². The average Bonchev–Trinajstić information content (AvgIpc) is 3.40. The van der Waals surface area contributed by atoms with E-state index in [1.54, 1.807) is 11.3 Å². The van der Waals surface area contributed by atoms with E-state index in [-0.39, 0.29) is 5.91 Å². The maximum atomic E-state index is 11.9. The predicted molar refractivity (Wildman–Crippen MR) is 118 cm³/mol. The van der Waals surface area contributed by atoms with E-state index in [4.69, 9.17) is 0 Å². The molecule has 4 aromatic rings. The molecule has 146 valence electrons. The third kappa shape index (κ3) is 3.38. The fraction of sp³-hybridized carbons (Fsp3) is 0.227. The summed E-state index contributed by atoms with van der Waals surface area (Å²) < 4.78 is 1.16. The predicted octanol–water partition coefficient (Wildman–Crippen LogP) is 4.94. The van der Waals surface area contributed by atoms with Crippen molar-refractivity contribution in [3.63, 3.8) is 0 Å². The zero-order chi connectivity index (χ0) is 19.8. The Morgan fingerprint density at radius 1 is 1.28 bits per heavy atom. The molecule has 0 aliphatic carbocycles. The third-order valence-electron chi connectivity index (χ3n) is 5.35. The SMILES string of the molecule is CCC(=O)N1CC=C(c2cc3c(Nc4ccc5ncsc5c4)ccnc3[nH]2)CC1. The van der Waals surface area contributed by atoms with Gasteiger partial charge in [-0.3, -0.25) is 4.79 Å². The number of thiazole rings is 1. The van der Waals surface area contributed by atoms with Gasteiger partial charge >= 0.3 is 0 Å². The Labute approximate surface area is 172 Å². The standard InChI is InChI=1S/C22H21N5OS/c1-2-21(28)27-9-6-14(7-10-27)19-12-16-17(5-8-23-22(16)26-19)25-15-3-4-18-20(11-15)29-13-24-18/h3-6,8,11-13H,2,7,9-10H2,1H3,(H2,23,25,26). The lowest BCUT2D eigenvalue weighted by atomic mass is 10.0. The van der Waals surface area contributed by atoms with Gasteiger partial charge < -0.3 is 15.2 Å². The zero-order valence-corrected chi connectivity index (χ0v) is 16.9.